The van der Waals surface area contributed by atoms with Crippen LogP contribution < -0.4 is 15.8 Å². The summed E-state index contributed by atoms with van der Waals surface area (Å²) in [5.41, 5.74) is 5.42. The van der Waals surface area contributed by atoms with Crippen molar-refractivity contribution in [3.63, 3.8) is 0 Å². The van der Waals surface area contributed by atoms with Crippen LogP contribution in [0.15, 0.2) is 18.6 Å². The Balaban J connectivity index is 2.35. The summed E-state index contributed by atoms with van der Waals surface area (Å²) in [5, 5.41) is 20.7. The number of rotatable bonds is 7. The van der Waals surface area contributed by atoms with Gasteiger partial charge in [0.15, 0.2) is 5.76 Å². The summed E-state index contributed by atoms with van der Waals surface area (Å²) in [6.07, 6.45) is 3.82. The van der Waals surface area contributed by atoms with Gasteiger partial charge in [-0.3, -0.25) is 0 Å². The monoisotopic (exact) mass is 240 g/mol. The number of nitrogens with one attached hydrogen (secondary N) is 1. The number of ether oxygens (including phenoxy) is 1. The Morgan fingerprint density at radius 3 is 2.82 bits per heavy atom. The van der Waals surface area contributed by atoms with Crippen molar-refractivity contribution < 1.29 is 14.9 Å². The van der Waals surface area contributed by atoms with E-state index in [1.165, 1.54) is 12.4 Å². The van der Waals surface area contributed by atoms with Gasteiger partial charge >= 0.3 is 0 Å². The van der Waals surface area contributed by atoms with Crippen LogP contribution in [0.3, 0.4) is 0 Å². The number of nitrogens with two attached hydrogens (primary N) is 1. The first-order valence-electron chi connectivity index (χ1n) is 5.15. The fourth-order valence-corrected chi connectivity index (χ4v) is 1.04. The van der Waals surface area contributed by atoms with Crippen molar-refractivity contribution in [1.82, 2.24) is 15.3 Å². The van der Waals surface area contributed by atoms with Crippen LogP contribution in [0.1, 0.15) is 5.69 Å². The first kappa shape index (κ1) is 13.2. The predicted octanol–water partition coefficient (Wildman–Crippen LogP) is -0.748. The molecule has 5 N–H and O–H groups in total. The Morgan fingerprint density at radius 1 is 1.41 bits per heavy atom. The van der Waals surface area contributed by atoms with Crippen LogP contribution in [0.2, 0.25) is 0 Å². The predicted molar refractivity (Wildman–Crippen MR) is 62.3 cm³/mol. The van der Waals surface area contributed by atoms with Crippen molar-refractivity contribution in [3.8, 4) is 5.88 Å². The molecule has 0 saturated heterocycles. The Kier molecular flexibility index (Phi) is 5.76. The van der Waals surface area contributed by atoms with Crippen LogP contribution in [0, 0.1) is 0 Å². The number of hydrogen-bond donors (Lipinski definition) is 4. The van der Waals surface area contributed by atoms with Crippen LogP contribution in [0.25, 0.3) is 5.76 Å². The quantitative estimate of drug-likeness (QED) is 0.366. The van der Waals surface area contributed by atoms with Gasteiger partial charge in [-0.25, -0.2) is 9.97 Å². The molecule has 94 valence electrons. The van der Waals surface area contributed by atoms with E-state index in [0.29, 0.717) is 31.3 Å². The molecule has 0 amide bonds. The molecule has 0 aliphatic rings. The minimum absolute atomic E-state index is 0.0964. The molecule has 0 aliphatic heterocycles. The minimum Gasteiger partial charge on any atom is -0.504 e. The highest BCUT2D eigenvalue weighted by atomic mass is 16.5. The van der Waals surface area contributed by atoms with Gasteiger partial charge in [-0.2, -0.15) is 0 Å². The van der Waals surface area contributed by atoms with Gasteiger partial charge < -0.3 is 26.0 Å². The van der Waals surface area contributed by atoms with Crippen molar-refractivity contribution in [2.75, 3.05) is 26.3 Å². The van der Waals surface area contributed by atoms with Gasteiger partial charge in [0.05, 0.1) is 19.0 Å². The fourth-order valence-electron chi connectivity index (χ4n) is 1.04. The first-order chi connectivity index (χ1) is 8.27. The topological polar surface area (TPSA) is 114 Å². The van der Waals surface area contributed by atoms with Gasteiger partial charge in [-0.15, -0.1) is 0 Å². The van der Waals surface area contributed by atoms with Crippen LogP contribution in [0.5, 0.6) is 5.88 Å². The third kappa shape index (κ3) is 4.66. The summed E-state index contributed by atoms with van der Waals surface area (Å²) in [4.78, 5) is 7.87. The van der Waals surface area contributed by atoms with Gasteiger partial charge in [0.2, 0.25) is 5.88 Å². The largest absolute Gasteiger partial charge is 0.504 e. The van der Waals surface area contributed by atoms with E-state index in [0.717, 1.165) is 6.20 Å². The van der Waals surface area contributed by atoms with Crippen LogP contribution in [0.4, 0.5) is 0 Å². The molecule has 0 saturated carbocycles. The lowest BCUT2D eigenvalue weighted by molar-refractivity contribution is 0.271. The number of aromatic nitrogens is 2. The molecule has 1 aromatic heterocycles. The first-order valence-corrected chi connectivity index (χ1v) is 5.15. The van der Waals surface area contributed by atoms with E-state index in [4.69, 9.17) is 15.6 Å². The standard InChI is InChI=1S/C10H16N4O3/c11-5-9(16)8-6-14-10(7-13-8)17-4-2-12-1-3-15/h5-7,12,15-16H,1-4,11H2. The molecule has 17 heavy (non-hydrogen) atoms. The second-order valence-corrected chi connectivity index (χ2v) is 3.11. The molecule has 0 radical (unpaired) electrons. The Hall–Kier alpha value is -1.86. The van der Waals surface area contributed by atoms with Crippen LogP contribution in [-0.2, 0) is 0 Å². The number of nitrogens with zero attached hydrogens (tertiary/aromatic N) is 2. The van der Waals surface area contributed by atoms with E-state index in [2.05, 4.69) is 15.3 Å². The molecule has 0 spiro atoms. The van der Waals surface area contributed by atoms with E-state index < -0.39 is 0 Å². The smallest absolute Gasteiger partial charge is 0.232 e. The summed E-state index contributed by atoms with van der Waals surface area (Å²) in [7, 11) is 0. The van der Waals surface area contributed by atoms with E-state index >= 15 is 0 Å². The maximum atomic E-state index is 9.25. The average Bonchev–Trinajstić information content (AvgIpc) is 2.38. The molecule has 1 heterocycles. The number of aliphatic hydroxyl groups excluding tert-OH is 2. The Labute approximate surface area is 99.0 Å². The summed E-state index contributed by atoms with van der Waals surface area (Å²) in [6.45, 7) is 1.66. The highest BCUT2D eigenvalue weighted by molar-refractivity contribution is 5.52. The molecule has 1 rings (SSSR count). The highest BCUT2D eigenvalue weighted by Gasteiger charge is 2.01. The molecular weight excluding hydrogens is 224 g/mol. The van der Waals surface area contributed by atoms with Gasteiger partial charge in [0, 0.05) is 19.3 Å². The maximum absolute atomic E-state index is 9.25. The third-order valence-electron chi connectivity index (χ3n) is 1.87. The zero-order valence-corrected chi connectivity index (χ0v) is 9.33. The molecule has 0 unspecified atom stereocenters. The summed E-state index contributed by atoms with van der Waals surface area (Å²) in [5.74, 6) is 0.234. The lowest BCUT2D eigenvalue weighted by Gasteiger charge is -2.05. The summed E-state index contributed by atoms with van der Waals surface area (Å²) < 4.78 is 5.27. The molecule has 0 atom stereocenters. The molecule has 0 aliphatic carbocycles. The van der Waals surface area contributed by atoms with Crippen molar-refractivity contribution in [1.29, 1.82) is 0 Å². The zero-order chi connectivity index (χ0) is 12.5. The second kappa shape index (κ2) is 7.42. The van der Waals surface area contributed by atoms with Crippen molar-refractivity contribution in [3.05, 3.63) is 24.3 Å². The van der Waals surface area contributed by atoms with Gasteiger partial charge in [0.1, 0.15) is 12.3 Å². The molecule has 1 aromatic rings. The van der Waals surface area contributed by atoms with E-state index in [9.17, 15) is 5.11 Å². The van der Waals surface area contributed by atoms with Crippen molar-refractivity contribution >= 4 is 5.76 Å². The fraction of sp³-hybridized carbons (Fsp3) is 0.400. The molecule has 0 bridgehead atoms. The maximum Gasteiger partial charge on any atom is 0.232 e. The SMILES string of the molecule is NC=C(O)c1cnc(OCCNCCO)cn1. The van der Waals surface area contributed by atoms with Gasteiger partial charge in [-0.1, -0.05) is 0 Å². The van der Waals surface area contributed by atoms with Crippen LogP contribution >= 0.6 is 0 Å². The summed E-state index contributed by atoms with van der Waals surface area (Å²) >= 11 is 0. The lowest BCUT2D eigenvalue weighted by atomic mass is 10.4. The molecule has 0 fully saturated rings. The average molecular weight is 240 g/mol. The van der Waals surface area contributed by atoms with Crippen LogP contribution in [-0.4, -0.2) is 46.5 Å². The zero-order valence-electron chi connectivity index (χ0n) is 9.33. The van der Waals surface area contributed by atoms with Gasteiger partial charge in [0.25, 0.3) is 0 Å². The van der Waals surface area contributed by atoms with E-state index in [1.807, 2.05) is 0 Å². The third-order valence-corrected chi connectivity index (χ3v) is 1.87. The van der Waals surface area contributed by atoms with E-state index in [1.54, 1.807) is 0 Å². The number of aliphatic hydroxyl groups is 2. The summed E-state index contributed by atoms with van der Waals surface area (Å²) in [6, 6.07) is 0. The normalized spacial score (nSPS) is 11.5. The Bertz CT molecular complexity index is 353. The van der Waals surface area contributed by atoms with E-state index in [-0.39, 0.29) is 12.4 Å². The molecule has 0 aromatic carbocycles. The highest BCUT2D eigenvalue weighted by Crippen LogP contribution is 2.08. The lowest BCUT2D eigenvalue weighted by Crippen LogP contribution is -2.24. The molecular formula is C10H16N4O3. The number of hydrogen-bond acceptors (Lipinski definition) is 7. The Morgan fingerprint density at radius 2 is 2.24 bits per heavy atom. The van der Waals surface area contributed by atoms with Crippen molar-refractivity contribution in [2.24, 2.45) is 5.73 Å². The minimum atomic E-state index is -0.131. The molecule has 7 nitrogen and oxygen atoms in total. The van der Waals surface area contributed by atoms with Gasteiger partial charge in [-0.05, 0) is 0 Å². The second-order valence-electron chi connectivity index (χ2n) is 3.11. The molecule has 7 heteroatoms. The van der Waals surface area contributed by atoms with Crippen molar-refractivity contribution in [2.45, 2.75) is 0 Å².